The second-order valence-electron chi connectivity index (χ2n) is 4.53. The lowest BCUT2D eigenvalue weighted by Crippen LogP contribution is -2.34. The molecule has 1 aliphatic heterocycles. The highest BCUT2D eigenvalue weighted by atomic mass is 79.9. The molecule has 1 atom stereocenters. The highest BCUT2D eigenvalue weighted by molar-refractivity contribution is 9.10. The summed E-state index contributed by atoms with van der Waals surface area (Å²) in [7, 11) is 0. The number of rotatable bonds is 3. The Labute approximate surface area is 106 Å². The van der Waals surface area contributed by atoms with Crippen LogP contribution in [0.3, 0.4) is 0 Å². The third-order valence-electron chi connectivity index (χ3n) is 3.28. The van der Waals surface area contributed by atoms with E-state index in [-0.39, 0.29) is 0 Å². The van der Waals surface area contributed by atoms with E-state index in [1.54, 1.807) is 0 Å². The van der Waals surface area contributed by atoms with E-state index in [9.17, 15) is 0 Å². The van der Waals surface area contributed by atoms with Gasteiger partial charge in [-0.3, -0.25) is 0 Å². The van der Waals surface area contributed by atoms with Crippen LogP contribution in [0, 0.1) is 0 Å². The molecular weight excluding hydrogens is 264 g/mol. The van der Waals surface area contributed by atoms with Gasteiger partial charge < -0.3 is 11.1 Å². The molecule has 1 saturated heterocycles. The lowest BCUT2D eigenvalue weighted by Gasteiger charge is -2.23. The third kappa shape index (κ3) is 3.22. The first-order chi connectivity index (χ1) is 7.75. The normalized spacial score (nSPS) is 20.9. The number of hydrogen-bond acceptors (Lipinski definition) is 2. The molecule has 1 fully saturated rings. The Morgan fingerprint density at radius 3 is 2.94 bits per heavy atom. The van der Waals surface area contributed by atoms with Crippen LogP contribution in [0.25, 0.3) is 0 Å². The second-order valence-corrected chi connectivity index (χ2v) is 5.44. The van der Waals surface area contributed by atoms with Gasteiger partial charge in [-0.25, -0.2) is 0 Å². The zero-order valence-electron chi connectivity index (χ0n) is 9.51. The van der Waals surface area contributed by atoms with Gasteiger partial charge in [0.15, 0.2) is 0 Å². The Hall–Kier alpha value is -0.540. The first-order valence-electron chi connectivity index (χ1n) is 6.03. The van der Waals surface area contributed by atoms with Crippen LogP contribution in [-0.2, 0) is 6.42 Å². The Morgan fingerprint density at radius 1 is 1.38 bits per heavy atom. The topological polar surface area (TPSA) is 38.0 Å². The summed E-state index contributed by atoms with van der Waals surface area (Å²) >= 11 is 3.43. The zero-order valence-corrected chi connectivity index (χ0v) is 11.1. The first-order valence-corrected chi connectivity index (χ1v) is 6.82. The van der Waals surface area contributed by atoms with E-state index in [0.29, 0.717) is 6.04 Å². The molecule has 0 radical (unpaired) electrons. The lowest BCUT2D eigenvalue weighted by atomic mass is 9.97. The quantitative estimate of drug-likeness (QED) is 0.836. The number of anilines is 1. The van der Waals surface area contributed by atoms with Crippen LogP contribution in [0.1, 0.15) is 31.2 Å². The summed E-state index contributed by atoms with van der Waals surface area (Å²) < 4.78 is 1.06. The van der Waals surface area contributed by atoms with Gasteiger partial charge >= 0.3 is 0 Å². The van der Waals surface area contributed by atoms with Gasteiger partial charge in [-0.05, 0) is 49.9 Å². The van der Waals surface area contributed by atoms with Crippen molar-refractivity contribution in [2.24, 2.45) is 0 Å². The van der Waals surface area contributed by atoms with Crippen LogP contribution in [0.4, 0.5) is 5.69 Å². The molecule has 3 heteroatoms. The fraction of sp³-hybridized carbons (Fsp3) is 0.538. The fourth-order valence-electron chi connectivity index (χ4n) is 2.29. The molecule has 0 aromatic heterocycles. The molecule has 1 aliphatic rings. The maximum atomic E-state index is 5.99. The van der Waals surface area contributed by atoms with E-state index in [4.69, 9.17) is 5.73 Å². The molecule has 0 aliphatic carbocycles. The molecule has 1 unspecified atom stereocenters. The highest BCUT2D eigenvalue weighted by Crippen LogP contribution is 2.21. The van der Waals surface area contributed by atoms with E-state index in [2.05, 4.69) is 33.4 Å². The van der Waals surface area contributed by atoms with Crippen LogP contribution in [-0.4, -0.2) is 12.6 Å². The molecule has 88 valence electrons. The van der Waals surface area contributed by atoms with Gasteiger partial charge in [0.05, 0.1) is 0 Å². The summed E-state index contributed by atoms with van der Waals surface area (Å²) in [6.45, 7) is 1.18. The Bertz CT molecular complexity index is 346. The number of nitrogen functional groups attached to an aromatic ring is 1. The lowest BCUT2D eigenvalue weighted by molar-refractivity contribution is 0.383. The molecule has 0 spiro atoms. The number of hydrogen-bond donors (Lipinski definition) is 2. The molecule has 0 bridgehead atoms. The minimum atomic E-state index is 0.691. The maximum absolute atomic E-state index is 5.99. The molecule has 16 heavy (non-hydrogen) atoms. The zero-order chi connectivity index (χ0) is 11.4. The van der Waals surface area contributed by atoms with Crippen LogP contribution in [0.5, 0.6) is 0 Å². The van der Waals surface area contributed by atoms with E-state index in [1.807, 2.05) is 6.07 Å². The van der Waals surface area contributed by atoms with Crippen molar-refractivity contribution < 1.29 is 0 Å². The Morgan fingerprint density at radius 2 is 2.25 bits per heavy atom. The van der Waals surface area contributed by atoms with E-state index in [1.165, 1.54) is 37.8 Å². The number of halogens is 1. The van der Waals surface area contributed by atoms with Crippen molar-refractivity contribution in [1.29, 1.82) is 0 Å². The van der Waals surface area contributed by atoms with Crippen molar-refractivity contribution in [3.8, 4) is 0 Å². The van der Waals surface area contributed by atoms with Crippen molar-refractivity contribution in [2.45, 2.75) is 38.1 Å². The molecule has 1 heterocycles. The molecule has 1 aromatic carbocycles. The van der Waals surface area contributed by atoms with E-state index in [0.717, 1.165) is 16.6 Å². The maximum Gasteiger partial charge on any atom is 0.0357 e. The number of aryl methyl sites for hydroxylation is 1. The Balaban J connectivity index is 1.88. The minimum absolute atomic E-state index is 0.691. The van der Waals surface area contributed by atoms with Crippen molar-refractivity contribution in [1.82, 2.24) is 5.32 Å². The predicted molar refractivity (Wildman–Crippen MR) is 72.5 cm³/mol. The Kier molecular flexibility index (Phi) is 4.24. The van der Waals surface area contributed by atoms with Gasteiger partial charge in [0.25, 0.3) is 0 Å². The summed E-state index contributed by atoms with van der Waals surface area (Å²) in [5.41, 5.74) is 8.17. The number of nitrogens with one attached hydrogen (secondary N) is 1. The van der Waals surface area contributed by atoms with Crippen molar-refractivity contribution in [3.05, 3.63) is 28.2 Å². The standard InChI is InChI=1S/C13H19BrN2/c14-11-6-4-10(13(15)9-11)5-7-12-3-1-2-8-16-12/h4,6,9,12,16H,1-3,5,7-8,15H2. The van der Waals surface area contributed by atoms with Crippen LogP contribution >= 0.6 is 15.9 Å². The van der Waals surface area contributed by atoms with Gasteiger partial charge in [0.2, 0.25) is 0 Å². The third-order valence-corrected chi connectivity index (χ3v) is 3.78. The molecule has 2 rings (SSSR count). The summed E-state index contributed by atoms with van der Waals surface area (Å²) in [4.78, 5) is 0. The number of piperidine rings is 1. The van der Waals surface area contributed by atoms with Crippen molar-refractivity contribution in [3.63, 3.8) is 0 Å². The summed E-state index contributed by atoms with van der Waals surface area (Å²) in [5, 5.41) is 3.57. The van der Waals surface area contributed by atoms with Gasteiger partial charge in [0.1, 0.15) is 0 Å². The SMILES string of the molecule is Nc1cc(Br)ccc1CCC1CCCCN1. The summed E-state index contributed by atoms with van der Waals surface area (Å²) in [6, 6.07) is 6.88. The first kappa shape index (κ1) is 11.9. The largest absolute Gasteiger partial charge is 0.398 e. The molecular formula is C13H19BrN2. The molecule has 1 aromatic rings. The monoisotopic (exact) mass is 282 g/mol. The summed E-state index contributed by atoms with van der Waals surface area (Å²) in [5.74, 6) is 0. The predicted octanol–water partition coefficient (Wildman–Crippen LogP) is 3.11. The average Bonchev–Trinajstić information content (AvgIpc) is 2.29. The van der Waals surface area contributed by atoms with Crippen molar-refractivity contribution in [2.75, 3.05) is 12.3 Å². The van der Waals surface area contributed by atoms with E-state index < -0.39 is 0 Å². The summed E-state index contributed by atoms with van der Waals surface area (Å²) in [6.07, 6.45) is 6.30. The smallest absolute Gasteiger partial charge is 0.0357 e. The van der Waals surface area contributed by atoms with Crippen molar-refractivity contribution >= 4 is 21.6 Å². The number of benzene rings is 1. The van der Waals surface area contributed by atoms with Crippen LogP contribution < -0.4 is 11.1 Å². The molecule has 0 amide bonds. The van der Waals surface area contributed by atoms with Gasteiger partial charge in [-0.15, -0.1) is 0 Å². The van der Waals surface area contributed by atoms with Crippen LogP contribution in [0.15, 0.2) is 22.7 Å². The van der Waals surface area contributed by atoms with Gasteiger partial charge in [-0.1, -0.05) is 28.4 Å². The number of nitrogens with two attached hydrogens (primary N) is 1. The van der Waals surface area contributed by atoms with Gasteiger partial charge in [-0.2, -0.15) is 0 Å². The van der Waals surface area contributed by atoms with Gasteiger partial charge in [0, 0.05) is 16.2 Å². The fourth-order valence-corrected chi connectivity index (χ4v) is 2.67. The minimum Gasteiger partial charge on any atom is -0.398 e. The molecule has 0 saturated carbocycles. The van der Waals surface area contributed by atoms with Crippen LogP contribution in [0.2, 0.25) is 0 Å². The highest BCUT2D eigenvalue weighted by Gasteiger charge is 2.12. The average molecular weight is 283 g/mol. The molecule has 2 nitrogen and oxygen atoms in total. The molecule has 3 N–H and O–H groups in total. The second kappa shape index (κ2) is 5.69. The van der Waals surface area contributed by atoms with E-state index >= 15 is 0 Å².